The summed E-state index contributed by atoms with van der Waals surface area (Å²) in [7, 11) is 3.96. The lowest BCUT2D eigenvalue weighted by Gasteiger charge is -2.12. The molecule has 0 aliphatic rings. The van der Waals surface area contributed by atoms with Gasteiger partial charge in [0.25, 0.3) is 0 Å². The second-order valence-electron chi connectivity index (χ2n) is 8.06. The first-order chi connectivity index (χ1) is 17.1. The molecule has 0 atom stereocenters. The number of hydrogen-bond acceptors (Lipinski definition) is 6. The van der Waals surface area contributed by atoms with Crippen LogP contribution in [0.5, 0.6) is 0 Å². The van der Waals surface area contributed by atoms with Crippen LogP contribution < -0.4 is 16.0 Å². The number of anilines is 3. The Hall–Kier alpha value is -3.90. The Bertz CT molecular complexity index is 1370. The molecule has 0 spiro atoms. The van der Waals surface area contributed by atoms with Gasteiger partial charge in [-0.15, -0.1) is 0 Å². The van der Waals surface area contributed by atoms with Gasteiger partial charge in [-0.1, -0.05) is 11.6 Å². The predicted octanol–water partition coefficient (Wildman–Crippen LogP) is 5.11. The van der Waals surface area contributed by atoms with Gasteiger partial charge in [-0.05, 0) is 56.6 Å². The number of rotatable bonds is 7. The van der Waals surface area contributed by atoms with Crippen LogP contribution in [0.3, 0.4) is 0 Å². The third-order valence-corrected chi connectivity index (χ3v) is 5.45. The fourth-order valence-corrected chi connectivity index (χ4v) is 3.59. The fourth-order valence-electron chi connectivity index (χ4n) is 3.37. The van der Waals surface area contributed by atoms with Crippen molar-refractivity contribution in [2.75, 3.05) is 43.1 Å². The predicted molar refractivity (Wildman–Crippen MR) is 133 cm³/mol. The third kappa shape index (κ3) is 5.83. The van der Waals surface area contributed by atoms with Crippen LogP contribution in [0.15, 0.2) is 55.1 Å². The van der Waals surface area contributed by atoms with Gasteiger partial charge in [0, 0.05) is 30.2 Å². The van der Waals surface area contributed by atoms with E-state index >= 15 is 0 Å². The number of amides is 2. The van der Waals surface area contributed by atoms with Gasteiger partial charge in [0.1, 0.15) is 12.7 Å². The maximum absolute atomic E-state index is 13.0. The highest BCUT2D eigenvalue weighted by molar-refractivity contribution is 6.31. The van der Waals surface area contributed by atoms with E-state index in [-0.39, 0.29) is 5.69 Å². The molecule has 0 radical (unpaired) electrons. The molecule has 4 rings (SSSR count). The van der Waals surface area contributed by atoms with Crippen molar-refractivity contribution in [3.05, 3.63) is 65.7 Å². The van der Waals surface area contributed by atoms with Crippen molar-refractivity contribution in [2.45, 2.75) is 6.18 Å². The minimum Gasteiger partial charge on any atom is -0.367 e. The summed E-state index contributed by atoms with van der Waals surface area (Å²) in [4.78, 5) is 27.4. The number of benzene rings is 2. The van der Waals surface area contributed by atoms with Crippen LogP contribution in [0, 0.1) is 0 Å². The van der Waals surface area contributed by atoms with Crippen LogP contribution in [0.1, 0.15) is 5.56 Å². The van der Waals surface area contributed by atoms with Gasteiger partial charge < -0.3 is 20.9 Å². The summed E-state index contributed by atoms with van der Waals surface area (Å²) in [6.45, 7) is 1.53. The summed E-state index contributed by atoms with van der Waals surface area (Å²) < 4.78 is 40.9. The molecule has 0 saturated heterocycles. The number of aromatic nitrogens is 4. The van der Waals surface area contributed by atoms with Crippen molar-refractivity contribution in [2.24, 2.45) is 0 Å². The van der Waals surface area contributed by atoms with Crippen molar-refractivity contribution in [1.29, 1.82) is 0 Å². The van der Waals surface area contributed by atoms with E-state index in [4.69, 9.17) is 11.6 Å². The molecule has 0 bridgehead atoms. The Kier molecular flexibility index (Phi) is 7.27. The molecule has 2 heterocycles. The Morgan fingerprint density at radius 2 is 1.72 bits per heavy atom. The molecule has 188 valence electrons. The summed E-state index contributed by atoms with van der Waals surface area (Å²) in [5.41, 5.74) is 1.34. The fraction of sp³-hybridized carbons (Fsp3) is 0.217. The average Bonchev–Trinajstić information content (AvgIpc) is 3.25. The molecule has 0 aliphatic heterocycles. The summed E-state index contributed by atoms with van der Waals surface area (Å²) in [6.07, 6.45) is -1.54. The topological polar surface area (TPSA) is 100 Å². The Morgan fingerprint density at radius 1 is 1.03 bits per heavy atom. The third-order valence-electron chi connectivity index (χ3n) is 5.12. The van der Waals surface area contributed by atoms with Crippen molar-refractivity contribution in [1.82, 2.24) is 24.4 Å². The van der Waals surface area contributed by atoms with Crippen LogP contribution in [0.2, 0.25) is 5.02 Å². The van der Waals surface area contributed by atoms with Gasteiger partial charge in [0.15, 0.2) is 17.0 Å². The highest BCUT2D eigenvalue weighted by Gasteiger charge is 2.33. The summed E-state index contributed by atoms with van der Waals surface area (Å²) >= 11 is 5.61. The van der Waals surface area contributed by atoms with Gasteiger partial charge in [0.05, 0.1) is 10.6 Å². The largest absolute Gasteiger partial charge is 0.417 e. The molecule has 2 aromatic carbocycles. The minimum absolute atomic E-state index is 0.0413. The number of fused-ring (bicyclic) bond motifs is 1. The van der Waals surface area contributed by atoms with E-state index in [1.165, 1.54) is 12.4 Å². The number of imidazole rings is 1. The van der Waals surface area contributed by atoms with Crippen molar-refractivity contribution in [3.8, 4) is 5.69 Å². The Morgan fingerprint density at radius 3 is 2.42 bits per heavy atom. The van der Waals surface area contributed by atoms with Crippen LogP contribution in [0.4, 0.5) is 35.2 Å². The van der Waals surface area contributed by atoms with E-state index in [2.05, 4.69) is 35.8 Å². The molecule has 0 fully saturated rings. The van der Waals surface area contributed by atoms with Gasteiger partial charge in [-0.25, -0.2) is 19.7 Å². The highest BCUT2D eigenvalue weighted by atomic mass is 35.5. The van der Waals surface area contributed by atoms with Gasteiger partial charge in [-0.2, -0.15) is 13.2 Å². The van der Waals surface area contributed by atoms with E-state index in [1.807, 2.05) is 14.1 Å². The second-order valence-corrected chi connectivity index (χ2v) is 8.46. The molecular weight excluding hydrogens is 497 g/mol. The molecule has 0 aliphatic carbocycles. The number of alkyl halides is 3. The van der Waals surface area contributed by atoms with E-state index in [9.17, 15) is 18.0 Å². The van der Waals surface area contributed by atoms with E-state index in [1.54, 1.807) is 35.2 Å². The summed E-state index contributed by atoms with van der Waals surface area (Å²) in [5.74, 6) is 0.631. The zero-order valence-corrected chi connectivity index (χ0v) is 20.0. The van der Waals surface area contributed by atoms with Gasteiger partial charge in [-0.3, -0.25) is 4.57 Å². The SMILES string of the molecule is CN(C)CCNc1ncnc2c1ncn2-c1ccc(NC(=O)Nc2ccc(Cl)c(C(F)(F)F)c2)cc1. The van der Waals surface area contributed by atoms with E-state index in [0.29, 0.717) is 29.2 Å². The lowest BCUT2D eigenvalue weighted by molar-refractivity contribution is -0.137. The molecular formula is C23H22ClF3N8O. The van der Waals surface area contributed by atoms with Gasteiger partial charge >= 0.3 is 12.2 Å². The van der Waals surface area contributed by atoms with Crippen LogP contribution >= 0.6 is 11.6 Å². The monoisotopic (exact) mass is 518 g/mol. The van der Waals surface area contributed by atoms with Crippen molar-refractivity contribution < 1.29 is 18.0 Å². The molecule has 13 heteroatoms. The zero-order chi connectivity index (χ0) is 25.9. The number of urea groups is 1. The smallest absolute Gasteiger partial charge is 0.367 e. The molecule has 2 amide bonds. The molecule has 4 aromatic rings. The first-order valence-electron chi connectivity index (χ1n) is 10.7. The van der Waals surface area contributed by atoms with E-state index < -0.39 is 22.8 Å². The number of nitrogens with one attached hydrogen (secondary N) is 3. The molecule has 3 N–H and O–H groups in total. The molecule has 2 aromatic heterocycles. The average molecular weight is 519 g/mol. The normalized spacial score (nSPS) is 11.6. The number of hydrogen-bond donors (Lipinski definition) is 3. The first kappa shape index (κ1) is 25.2. The summed E-state index contributed by atoms with van der Waals surface area (Å²) in [5, 5.41) is 7.77. The maximum Gasteiger partial charge on any atom is 0.417 e. The standard InChI is InChI=1S/C23H22ClF3N8O/c1-34(2)10-9-28-20-19-21(30-12-29-20)35(13-31-19)16-6-3-14(4-7-16)32-22(36)33-15-5-8-18(24)17(11-15)23(25,26)27/h3-8,11-13H,9-10H2,1-2H3,(H,28,29,30)(H2,32,33,36). The number of halogens is 4. The van der Waals surface area contributed by atoms with Crippen LogP contribution in [-0.2, 0) is 6.18 Å². The van der Waals surface area contributed by atoms with Crippen LogP contribution in [0.25, 0.3) is 16.9 Å². The summed E-state index contributed by atoms with van der Waals surface area (Å²) in [6, 6.07) is 9.26. The molecule has 36 heavy (non-hydrogen) atoms. The lowest BCUT2D eigenvalue weighted by Crippen LogP contribution is -2.21. The van der Waals surface area contributed by atoms with Crippen molar-refractivity contribution >= 4 is 46.0 Å². The van der Waals surface area contributed by atoms with Gasteiger partial charge in [0.2, 0.25) is 0 Å². The maximum atomic E-state index is 13.0. The highest BCUT2D eigenvalue weighted by Crippen LogP contribution is 2.36. The Balaban J connectivity index is 1.45. The zero-order valence-electron chi connectivity index (χ0n) is 19.3. The minimum atomic E-state index is -4.63. The number of nitrogens with zero attached hydrogens (tertiary/aromatic N) is 5. The molecule has 0 saturated carbocycles. The number of carbonyl (C=O) groups excluding carboxylic acids is 1. The molecule has 9 nitrogen and oxygen atoms in total. The number of carbonyl (C=O) groups is 1. The quantitative estimate of drug-likeness (QED) is 0.314. The second kappa shape index (κ2) is 10.4. The van der Waals surface area contributed by atoms with Crippen molar-refractivity contribution in [3.63, 3.8) is 0 Å². The first-order valence-corrected chi connectivity index (χ1v) is 11.1. The lowest BCUT2D eigenvalue weighted by atomic mass is 10.2. The Labute approximate surface area is 209 Å². The molecule has 0 unspecified atom stereocenters. The number of likely N-dealkylation sites (N-methyl/N-ethyl adjacent to an activating group) is 1. The van der Waals surface area contributed by atoms with Crippen LogP contribution in [-0.4, -0.2) is 57.6 Å². The van der Waals surface area contributed by atoms with E-state index in [0.717, 1.165) is 24.4 Å².